The molecule has 1 aliphatic heterocycles. The molecule has 5 heteroatoms. The number of carbonyl (C=O) groups is 2. The number of alkyl halides is 1. The quantitative estimate of drug-likeness (QED) is 0.462. The molecular weight excluding hydrogens is 234 g/mol. The van der Waals surface area contributed by atoms with Crippen molar-refractivity contribution in [2.75, 3.05) is 11.6 Å². The van der Waals surface area contributed by atoms with Crippen LogP contribution in [0.1, 0.15) is 20.7 Å². The van der Waals surface area contributed by atoms with E-state index in [0.717, 1.165) is 11.9 Å². The highest BCUT2D eigenvalue weighted by atomic mass is 35.5. The van der Waals surface area contributed by atoms with E-state index in [1.54, 1.807) is 24.3 Å². The molecule has 1 aromatic rings. The Balaban J connectivity index is 2.29. The second-order valence-electron chi connectivity index (χ2n) is 2.97. The fraction of sp³-hybridized carbons (Fsp3) is 0.200. The van der Waals surface area contributed by atoms with Crippen molar-refractivity contribution in [2.24, 2.45) is 0 Å². The van der Waals surface area contributed by atoms with Crippen LogP contribution >= 0.6 is 23.5 Å². The van der Waals surface area contributed by atoms with Crippen molar-refractivity contribution in [2.45, 2.75) is 0 Å². The summed E-state index contributed by atoms with van der Waals surface area (Å²) in [5.74, 6) is 0.474. The Bertz CT molecular complexity index is 387. The second-order valence-corrected chi connectivity index (χ2v) is 4.38. The molecule has 0 bridgehead atoms. The van der Waals surface area contributed by atoms with Crippen molar-refractivity contribution >= 4 is 35.4 Å². The smallest absolute Gasteiger partial charge is 0.268 e. The summed E-state index contributed by atoms with van der Waals surface area (Å²) in [6, 6.07) is 6.83. The summed E-state index contributed by atoms with van der Waals surface area (Å²) in [6.07, 6.45) is 0. The molecule has 2 rings (SSSR count). The minimum absolute atomic E-state index is 0.245. The van der Waals surface area contributed by atoms with Gasteiger partial charge in [-0.25, -0.2) is 4.31 Å². The van der Waals surface area contributed by atoms with Gasteiger partial charge in [0, 0.05) is 11.6 Å². The number of halogens is 1. The standard InChI is InChI=1S/C10H8ClNO2S/c11-5-6-15-12-9(13)7-3-1-2-4-8(7)10(12)14/h1-4H,5-6H2. The number of rotatable bonds is 3. The molecule has 0 radical (unpaired) electrons. The predicted octanol–water partition coefficient (Wildman–Crippen LogP) is 2.17. The zero-order chi connectivity index (χ0) is 10.8. The fourth-order valence-corrected chi connectivity index (χ4v) is 2.30. The minimum Gasteiger partial charge on any atom is -0.268 e. The number of carbonyl (C=O) groups excluding carboxylic acids is 2. The van der Waals surface area contributed by atoms with E-state index in [0.29, 0.717) is 22.8 Å². The van der Waals surface area contributed by atoms with Gasteiger partial charge in [0.1, 0.15) is 0 Å². The first-order valence-corrected chi connectivity index (χ1v) is 5.90. The van der Waals surface area contributed by atoms with Crippen molar-refractivity contribution in [1.82, 2.24) is 4.31 Å². The third-order valence-corrected chi connectivity index (χ3v) is 3.44. The van der Waals surface area contributed by atoms with Gasteiger partial charge < -0.3 is 0 Å². The number of imide groups is 1. The van der Waals surface area contributed by atoms with E-state index >= 15 is 0 Å². The first kappa shape index (κ1) is 10.5. The highest BCUT2D eigenvalue weighted by molar-refractivity contribution is 7.98. The Labute approximate surface area is 96.5 Å². The molecule has 0 N–H and O–H groups in total. The lowest BCUT2D eigenvalue weighted by atomic mass is 10.1. The summed E-state index contributed by atoms with van der Waals surface area (Å²) < 4.78 is 1.17. The van der Waals surface area contributed by atoms with Crippen LogP contribution in [0.15, 0.2) is 24.3 Å². The van der Waals surface area contributed by atoms with Crippen molar-refractivity contribution in [1.29, 1.82) is 0 Å². The van der Waals surface area contributed by atoms with Crippen LogP contribution in [0, 0.1) is 0 Å². The molecule has 1 aliphatic rings. The molecule has 0 fully saturated rings. The average Bonchev–Trinajstić information content (AvgIpc) is 2.51. The van der Waals surface area contributed by atoms with E-state index < -0.39 is 0 Å². The van der Waals surface area contributed by atoms with Gasteiger partial charge in [-0.2, -0.15) is 0 Å². The summed E-state index contributed by atoms with van der Waals surface area (Å²) in [6.45, 7) is 0. The van der Waals surface area contributed by atoms with E-state index in [1.165, 1.54) is 4.31 Å². The molecule has 0 atom stereocenters. The van der Waals surface area contributed by atoms with Gasteiger partial charge in [0.2, 0.25) is 0 Å². The van der Waals surface area contributed by atoms with Gasteiger partial charge in [-0.05, 0) is 24.1 Å². The van der Waals surface area contributed by atoms with E-state index in [4.69, 9.17) is 11.6 Å². The van der Waals surface area contributed by atoms with Gasteiger partial charge in [-0.3, -0.25) is 9.59 Å². The molecule has 2 amide bonds. The van der Waals surface area contributed by atoms with Gasteiger partial charge in [0.25, 0.3) is 11.8 Å². The van der Waals surface area contributed by atoms with Crippen LogP contribution in [0.3, 0.4) is 0 Å². The number of amides is 2. The topological polar surface area (TPSA) is 37.4 Å². The molecule has 15 heavy (non-hydrogen) atoms. The Morgan fingerprint density at radius 3 is 2.13 bits per heavy atom. The number of hydrogen-bond acceptors (Lipinski definition) is 3. The van der Waals surface area contributed by atoms with Gasteiger partial charge in [-0.15, -0.1) is 11.6 Å². The normalized spacial score (nSPS) is 14.6. The largest absolute Gasteiger partial charge is 0.271 e. The molecule has 78 valence electrons. The molecule has 0 saturated heterocycles. The fourth-order valence-electron chi connectivity index (χ4n) is 1.41. The molecule has 3 nitrogen and oxygen atoms in total. The molecule has 0 spiro atoms. The van der Waals surface area contributed by atoms with E-state index in [2.05, 4.69) is 0 Å². The van der Waals surface area contributed by atoms with Crippen LogP contribution in [0.4, 0.5) is 0 Å². The van der Waals surface area contributed by atoms with Gasteiger partial charge in [0.05, 0.1) is 11.1 Å². The monoisotopic (exact) mass is 241 g/mol. The zero-order valence-corrected chi connectivity index (χ0v) is 9.35. The molecule has 1 aromatic carbocycles. The maximum Gasteiger partial charge on any atom is 0.271 e. The lowest BCUT2D eigenvalue weighted by molar-refractivity contribution is 0.0777. The Morgan fingerprint density at radius 2 is 1.67 bits per heavy atom. The molecule has 1 heterocycles. The summed E-state index contributed by atoms with van der Waals surface area (Å²) in [5.41, 5.74) is 0.953. The summed E-state index contributed by atoms with van der Waals surface area (Å²) in [5, 5.41) is 0. The molecule has 0 unspecified atom stereocenters. The van der Waals surface area contributed by atoms with Crippen molar-refractivity contribution < 1.29 is 9.59 Å². The highest BCUT2D eigenvalue weighted by Gasteiger charge is 2.35. The van der Waals surface area contributed by atoms with Crippen molar-refractivity contribution in [3.05, 3.63) is 35.4 Å². The number of hydrogen-bond donors (Lipinski definition) is 0. The first-order valence-electron chi connectivity index (χ1n) is 4.42. The number of fused-ring (bicyclic) bond motifs is 1. The highest BCUT2D eigenvalue weighted by Crippen LogP contribution is 2.27. The minimum atomic E-state index is -0.245. The van der Waals surface area contributed by atoms with Crippen LogP contribution in [-0.4, -0.2) is 27.8 Å². The van der Waals surface area contributed by atoms with Crippen LogP contribution in [0.2, 0.25) is 0 Å². The second kappa shape index (κ2) is 4.24. The maximum absolute atomic E-state index is 11.8. The SMILES string of the molecule is O=C1c2ccccc2C(=O)N1SCCCl. The zero-order valence-electron chi connectivity index (χ0n) is 7.77. The predicted molar refractivity (Wildman–Crippen MR) is 60.1 cm³/mol. The third kappa shape index (κ3) is 1.75. The van der Waals surface area contributed by atoms with Crippen LogP contribution in [0.5, 0.6) is 0 Å². The van der Waals surface area contributed by atoms with Crippen LogP contribution in [0.25, 0.3) is 0 Å². The Morgan fingerprint density at radius 1 is 1.13 bits per heavy atom. The van der Waals surface area contributed by atoms with Gasteiger partial charge in [0.15, 0.2) is 0 Å². The van der Waals surface area contributed by atoms with Crippen molar-refractivity contribution in [3.8, 4) is 0 Å². The Kier molecular flexibility index (Phi) is 2.98. The molecule has 0 aromatic heterocycles. The van der Waals surface area contributed by atoms with Gasteiger partial charge in [-0.1, -0.05) is 12.1 Å². The molecular formula is C10H8ClNO2S. The Hall–Kier alpha value is -1.00. The third-order valence-electron chi connectivity index (χ3n) is 2.05. The van der Waals surface area contributed by atoms with Gasteiger partial charge >= 0.3 is 0 Å². The number of nitrogens with zero attached hydrogens (tertiary/aromatic N) is 1. The lowest BCUT2D eigenvalue weighted by Crippen LogP contribution is -2.22. The average molecular weight is 242 g/mol. The van der Waals surface area contributed by atoms with Crippen LogP contribution < -0.4 is 0 Å². The van der Waals surface area contributed by atoms with E-state index in [1.807, 2.05) is 0 Å². The summed E-state index contributed by atoms with van der Waals surface area (Å²) in [4.78, 5) is 23.5. The summed E-state index contributed by atoms with van der Waals surface area (Å²) in [7, 11) is 0. The first-order chi connectivity index (χ1) is 7.25. The number of benzene rings is 1. The molecule has 0 saturated carbocycles. The van der Waals surface area contributed by atoms with Crippen LogP contribution in [-0.2, 0) is 0 Å². The molecule has 0 aliphatic carbocycles. The van der Waals surface area contributed by atoms with E-state index in [-0.39, 0.29) is 11.8 Å². The summed E-state index contributed by atoms with van der Waals surface area (Å²) >= 11 is 6.68. The van der Waals surface area contributed by atoms with E-state index in [9.17, 15) is 9.59 Å². The lowest BCUT2D eigenvalue weighted by Gasteiger charge is -2.10. The maximum atomic E-state index is 11.8. The van der Waals surface area contributed by atoms with Crippen molar-refractivity contribution in [3.63, 3.8) is 0 Å².